The first kappa shape index (κ1) is 12.9. The third kappa shape index (κ3) is 2.34. The van der Waals surface area contributed by atoms with Crippen molar-refractivity contribution in [1.82, 2.24) is 9.97 Å². The maximum absolute atomic E-state index is 11.2. The number of carboxylic acid groups (broad SMARTS) is 1. The lowest BCUT2D eigenvalue weighted by molar-refractivity contribution is -0.144. The fraction of sp³-hybridized carbons (Fsp3) is 0.143. The second-order valence-corrected chi connectivity index (χ2v) is 4.39. The van der Waals surface area contributed by atoms with Crippen LogP contribution in [-0.2, 0) is 4.79 Å². The topological polar surface area (TPSA) is 99.3 Å². The van der Waals surface area contributed by atoms with Gasteiger partial charge in [-0.3, -0.25) is 0 Å². The highest BCUT2D eigenvalue weighted by Crippen LogP contribution is 2.36. The van der Waals surface area contributed by atoms with Gasteiger partial charge < -0.3 is 14.7 Å². The van der Waals surface area contributed by atoms with Crippen molar-refractivity contribution >= 4 is 17.5 Å². The standard InChI is InChI=1S/C14H10N4O3/c15-5-9-6-17-13(7-16-9)18-8-12(14(19)20)21-11-4-2-1-3-10(11)18/h1-4,6-7,12H,8H2,(H,19,20). The summed E-state index contributed by atoms with van der Waals surface area (Å²) < 4.78 is 5.45. The number of aliphatic carboxylic acids is 1. The monoisotopic (exact) mass is 282 g/mol. The Bertz CT molecular complexity index is 724. The van der Waals surface area contributed by atoms with Crippen LogP contribution in [0.2, 0.25) is 0 Å². The lowest BCUT2D eigenvalue weighted by Crippen LogP contribution is -2.42. The molecule has 0 saturated heterocycles. The van der Waals surface area contributed by atoms with Crippen molar-refractivity contribution in [3.05, 3.63) is 42.4 Å². The first-order valence-corrected chi connectivity index (χ1v) is 6.17. The van der Waals surface area contributed by atoms with Crippen molar-refractivity contribution in [3.63, 3.8) is 0 Å². The molecule has 21 heavy (non-hydrogen) atoms. The zero-order valence-corrected chi connectivity index (χ0v) is 10.8. The predicted molar refractivity (Wildman–Crippen MR) is 72.2 cm³/mol. The maximum atomic E-state index is 11.2. The Labute approximate surface area is 120 Å². The molecule has 1 aliphatic rings. The summed E-state index contributed by atoms with van der Waals surface area (Å²) in [6, 6.07) is 9.00. The molecule has 0 saturated carbocycles. The van der Waals surface area contributed by atoms with E-state index in [2.05, 4.69) is 9.97 Å². The minimum atomic E-state index is -1.05. The number of aromatic nitrogens is 2. The Balaban J connectivity index is 2.03. The van der Waals surface area contributed by atoms with Crippen LogP contribution in [0.25, 0.3) is 0 Å². The van der Waals surface area contributed by atoms with Gasteiger partial charge in [0.2, 0.25) is 6.10 Å². The summed E-state index contributed by atoms with van der Waals surface area (Å²) in [5.74, 6) is -0.102. The van der Waals surface area contributed by atoms with Crippen LogP contribution in [0.3, 0.4) is 0 Å². The Hall–Kier alpha value is -3.14. The van der Waals surface area contributed by atoms with E-state index in [9.17, 15) is 9.90 Å². The van der Waals surface area contributed by atoms with E-state index >= 15 is 0 Å². The van der Waals surface area contributed by atoms with Gasteiger partial charge in [-0.05, 0) is 12.1 Å². The highest BCUT2D eigenvalue weighted by Gasteiger charge is 2.31. The van der Waals surface area contributed by atoms with E-state index in [1.807, 2.05) is 18.2 Å². The number of fused-ring (bicyclic) bond motifs is 1. The lowest BCUT2D eigenvalue weighted by Gasteiger charge is -2.33. The fourth-order valence-corrected chi connectivity index (χ4v) is 2.10. The molecule has 2 aromatic rings. The molecule has 1 atom stereocenters. The van der Waals surface area contributed by atoms with E-state index in [1.165, 1.54) is 12.4 Å². The van der Waals surface area contributed by atoms with E-state index < -0.39 is 12.1 Å². The van der Waals surface area contributed by atoms with Crippen molar-refractivity contribution in [2.45, 2.75) is 6.10 Å². The Morgan fingerprint density at radius 3 is 2.86 bits per heavy atom. The summed E-state index contributed by atoms with van der Waals surface area (Å²) in [5.41, 5.74) is 0.920. The Morgan fingerprint density at radius 2 is 2.19 bits per heavy atom. The summed E-state index contributed by atoms with van der Waals surface area (Å²) in [7, 11) is 0. The molecular weight excluding hydrogens is 272 g/mol. The number of para-hydroxylation sites is 2. The smallest absolute Gasteiger partial charge is 0.346 e. The second-order valence-electron chi connectivity index (χ2n) is 4.39. The number of carboxylic acids is 1. The molecule has 104 valence electrons. The molecule has 0 radical (unpaired) electrons. The van der Waals surface area contributed by atoms with Crippen LogP contribution in [0.5, 0.6) is 5.75 Å². The van der Waals surface area contributed by atoms with Crippen LogP contribution in [0.1, 0.15) is 5.69 Å². The number of ether oxygens (including phenoxy) is 1. The molecular formula is C14H10N4O3. The Kier molecular flexibility index (Phi) is 3.12. The lowest BCUT2D eigenvalue weighted by atomic mass is 10.2. The first-order chi connectivity index (χ1) is 10.2. The average molecular weight is 282 g/mol. The van der Waals surface area contributed by atoms with E-state index in [0.29, 0.717) is 17.3 Å². The van der Waals surface area contributed by atoms with Gasteiger partial charge in [-0.15, -0.1) is 0 Å². The number of rotatable bonds is 2. The van der Waals surface area contributed by atoms with Gasteiger partial charge in [-0.25, -0.2) is 14.8 Å². The molecule has 0 amide bonds. The number of nitrogens with zero attached hydrogens (tertiary/aromatic N) is 4. The molecule has 0 fully saturated rings. The van der Waals surface area contributed by atoms with Crippen molar-refractivity contribution in [2.75, 3.05) is 11.4 Å². The average Bonchev–Trinajstić information content (AvgIpc) is 2.54. The van der Waals surface area contributed by atoms with Gasteiger partial charge >= 0.3 is 5.97 Å². The molecule has 7 heteroatoms. The van der Waals surface area contributed by atoms with E-state index in [4.69, 9.17) is 10.00 Å². The van der Waals surface area contributed by atoms with E-state index in [1.54, 1.807) is 17.0 Å². The number of hydrogen-bond donors (Lipinski definition) is 1. The molecule has 0 aliphatic carbocycles. The van der Waals surface area contributed by atoms with Gasteiger partial charge in [-0.2, -0.15) is 5.26 Å². The summed E-state index contributed by atoms with van der Waals surface area (Å²) in [4.78, 5) is 21.0. The second kappa shape index (κ2) is 5.09. The van der Waals surface area contributed by atoms with Gasteiger partial charge in [0, 0.05) is 0 Å². The summed E-state index contributed by atoms with van der Waals surface area (Å²) in [6.07, 6.45) is 1.81. The molecule has 2 heterocycles. The highest BCUT2D eigenvalue weighted by atomic mass is 16.5. The molecule has 1 unspecified atom stereocenters. The number of benzene rings is 1. The number of nitriles is 1. The normalized spacial score (nSPS) is 16.5. The molecule has 1 aliphatic heterocycles. The van der Waals surface area contributed by atoms with E-state index in [0.717, 1.165) is 0 Å². The Morgan fingerprint density at radius 1 is 1.38 bits per heavy atom. The SMILES string of the molecule is N#Cc1cnc(N2CC(C(=O)O)Oc3ccccc32)cn1. The van der Waals surface area contributed by atoms with Crippen LogP contribution in [0.4, 0.5) is 11.5 Å². The molecule has 1 N–H and O–H groups in total. The van der Waals surface area contributed by atoms with Gasteiger partial charge in [0.15, 0.2) is 11.5 Å². The first-order valence-electron chi connectivity index (χ1n) is 6.17. The minimum absolute atomic E-state index is 0.118. The van der Waals surface area contributed by atoms with Crippen molar-refractivity contribution in [1.29, 1.82) is 5.26 Å². The van der Waals surface area contributed by atoms with Crippen molar-refractivity contribution in [2.24, 2.45) is 0 Å². The van der Waals surface area contributed by atoms with Crippen LogP contribution < -0.4 is 9.64 Å². The van der Waals surface area contributed by atoms with Crippen LogP contribution in [-0.4, -0.2) is 33.7 Å². The zero-order chi connectivity index (χ0) is 14.8. The van der Waals surface area contributed by atoms with E-state index in [-0.39, 0.29) is 12.2 Å². The number of carbonyl (C=O) groups is 1. The summed E-state index contributed by atoms with van der Waals surface area (Å²) >= 11 is 0. The molecule has 0 bridgehead atoms. The van der Waals surface area contributed by atoms with Gasteiger partial charge in [-0.1, -0.05) is 12.1 Å². The van der Waals surface area contributed by atoms with Crippen molar-refractivity contribution in [3.8, 4) is 11.8 Å². The van der Waals surface area contributed by atoms with Gasteiger partial charge in [0.1, 0.15) is 11.8 Å². The molecule has 0 spiro atoms. The fourth-order valence-electron chi connectivity index (χ4n) is 2.10. The molecule has 3 rings (SSSR count). The molecule has 7 nitrogen and oxygen atoms in total. The molecule has 1 aromatic heterocycles. The number of anilines is 2. The largest absolute Gasteiger partial charge is 0.478 e. The van der Waals surface area contributed by atoms with Crippen LogP contribution in [0, 0.1) is 11.3 Å². The third-order valence-corrected chi connectivity index (χ3v) is 3.08. The molecule has 1 aromatic carbocycles. The predicted octanol–water partition coefficient (Wildman–Crippen LogP) is 1.33. The maximum Gasteiger partial charge on any atom is 0.346 e. The zero-order valence-electron chi connectivity index (χ0n) is 10.8. The summed E-state index contributed by atoms with van der Waals surface area (Å²) in [6.45, 7) is 0.118. The third-order valence-electron chi connectivity index (χ3n) is 3.08. The quantitative estimate of drug-likeness (QED) is 0.886. The highest BCUT2D eigenvalue weighted by molar-refractivity contribution is 5.78. The number of hydrogen-bond acceptors (Lipinski definition) is 6. The summed E-state index contributed by atoms with van der Waals surface area (Å²) in [5, 5.41) is 17.9. The van der Waals surface area contributed by atoms with Gasteiger partial charge in [0.05, 0.1) is 24.6 Å². The van der Waals surface area contributed by atoms with Gasteiger partial charge in [0.25, 0.3) is 0 Å². The van der Waals surface area contributed by atoms with Crippen molar-refractivity contribution < 1.29 is 14.6 Å². The van der Waals surface area contributed by atoms with Crippen LogP contribution in [0.15, 0.2) is 36.7 Å². The van der Waals surface area contributed by atoms with Crippen LogP contribution >= 0.6 is 0 Å². The minimum Gasteiger partial charge on any atom is -0.478 e.